The summed E-state index contributed by atoms with van der Waals surface area (Å²) in [6.45, 7) is 0. The van der Waals surface area contributed by atoms with E-state index in [4.69, 9.17) is 0 Å². The molecule has 0 heterocycles. The first-order valence-corrected chi connectivity index (χ1v) is 0.577. The van der Waals surface area contributed by atoms with Crippen molar-refractivity contribution in [2.45, 2.75) is 0 Å². The second-order valence-corrected chi connectivity index (χ2v) is 0. The molecule has 0 aromatic rings. The Morgan fingerprint density at radius 1 is 0.833 bits per heavy atom. The van der Waals surface area contributed by atoms with Gasteiger partial charge in [-0.2, -0.15) is 0 Å². The van der Waals surface area contributed by atoms with Crippen LogP contribution in [0.5, 0.6) is 0 Å². The molecule has 0 saturated carbocycles. The molecular formula is CH11BF3N. The van der Waals surface area contributed by atoms with Gasteiger partial charge in [-0.1, -0.05) is 0 Å². The Bertz CT molecular complexity index is 10.8. The maximum atomic E-state index is 4.50. The van der Waals surface area contributed by atoms with E-state index in [1.807, 2.05) is 0 Å². The lowest BCUT2D eigenvalue weighted by Gasteiger charge is -1.19. The molecule has 0 bridgehead atoms. The quantitative estimate of drug-likeness (QED) is 0.386. The Labute approximate surface area is 36.6 Å². The van der Waals surface area contributed by atoms with Crippen LogP contribution in [0.15, 0.2) is 0 Å². The molecule has 0 aliphatic rings. The van der Waals surface area contributed by atoms with Crippen molar-refractivity contribution in [3.05, 3.63) is 0 Å². The summed E-state index contributed by atoms with van der Waals surface area (Å²) in [5, 5.41) is 0. The molecule has 0 aromatic heterocycles. The molecular weight excluding hydrogens is 93.8 g/mol. The maximum Gasteiger partial charge on any atom is 0.0814 e. The van der Waals surface area contributed by atoms with Gasteiger partial charge in [-0.15, -0.1) is 0 Å². The highest BCUT2D eigenvalue weighted by molar-refractivity contribution is 5.75. The predicted molar refractivity (Wildman–Crippen MR) is 27.6 cm³/mol. The summed E-state index contributed by atoms with van der Waals surface area (Å²) in [6, 6.07) is 0. The summed E-state index contributed by atoms with van der Waals surface area (Å²) in [6.07, 6.45) is 0. The van der Waals surface area contributed by atoms with Crippen molar-refractivity contribution < 1.29 is 14.1 Å². The smallest absolute Gasteiger partial charge is 0.0814 e. The van der Waals surface area contributed by atoms with Crippen LogP contribution in [0.2, 0.25) is 0 Å². The van der Waals surface area contributed by atoms with Crippen LogP contribution >= 0.6 is 0 Å². The molecule has 1 nitrogen and oxygen atoms in total. The highest BCUT2D eigenvalue weighted by atomic mass is 19.0. The Morgan fingerprint density at radius 2 is 0.833 bits per heavy atom. The molecule has 0 aliphatic heterocycles. The zero-order valence-electron chi connectivity index (χ0n) is 2.80. The van der Waals surface area contributed by atoms with Gasteiger partial charge in [0.1, 0.15) is 0 Å². The number of hydrogen-bond donors (Lipinski definition) is 1. The Balaban J connectivity index is -0.000000000833. The maximum absolute atomic E-state index is 4.50. The van der Waals surface area contributed by atoms with Crippen molar-refractivity contribution in [1.29, 1.82) is 0 Å². The standard InChI is InChI=1S/CH5N.BH3.3FH/c1-2;;;;/h2H2,1H3;1H3;3*1H. The third-order valence-electron chi connectivity index (χ3n) is 0. The molecule has 0 rings (SSSR count). The molecule has 44 valence electrons. The molecule has 2 N–H and O–H groups in total. The van der Waals surface area contributed by atoms with Gasteiger partial charge < -0.3 is 5.73 Å². The number of nitrogens with two attached hydrogens (primary N) is 1. The van der Waals surface area contributed by atoms with Crippen LogP contribution in [0.4, 0.5) is 14.1 Å². The first-order chi connectivity index (χ1) is 1.00. The van der Waals surface area contributed by atoms with Gasteiger partial charge in [0.25, 0.3) is 0 Å². The van der Waals surface area contributed by atoms with Crippen molar-refractivity contribution in [3.63, 3.8) is 0 Å². The molecule has 5 heteroatoms. The van der Waals surface area contributed by atoms with Gasteiger partial charge in [0.2, 0.25) is 0 Å². The normalized spacial score (nSPS) is 1.00. The van der Waals surface area contributed by atoms with Crippen molar-refractivity contribution in [2.75, 3.05) is 7.05 Å². The van der Waals surface area contributed by atoms with E-state index < -0.39 is 0 Å². The summed E-state index contributed by atoms with van der Waals surface area (Å²) in [7, 11) is 1.50. The fraction of sp³-hybridized carbons (Fsp3) is 1.00. The van der Waals surface area contributed by atoms with E-state index in [-0.39, 0.29) is 22.5 Å². The average molecular weight is 105 g/mol. The van der Waals surface area contributed by atoms with E-state index in [9.17, 15) is 0 Å². The zero-order chi connectivity index (χ0) is 2.00. The summed E-state index contributed by atoms with van der Waals surface area (Å²) in [5.41, 5.74) is 4.50. The number of halogens is 3. The van der Waals surface area contributed by atoms with Crippen molar-refractivity contribution in [1.82, 2.24) is 0 Å². The molecule has 0 aliphatic carbocycles. The molecule has 0 radical (unpaired) electrons. The Morgan fingerprint density at radius 3 is 0.833 bits per heavy atom. The third-order valence-corrected chi connectivity index (χ3v) is 0. The summed E-state index contributed by atoms with van der Waals surface area (Å²) in [4.78, 5) is 0. The minimum atomic E-state index is 0. The lowest BCUT2D eigenvalue weighted by Crippen LogP contribution is -1.69. The van der Waals surface area contributed by atoms with E-state index in [1.165, 1.54) is 7.05 Å². The molecule has 6 heavy (non-hydrogen) atoms. The van der Waals surface area contributed by atoms with Crippen LogP contribution in [0.25, 0.3) is 0 Å². The molecule has 0 amide bonds. The predicted octanol–water partition coefficient (Wildman–Crippen LogP) is -1.15. The van der Waals surface area contributed by atoms with E-state index in [0.717, 1.165) is 0 Å². The van der Waals surface area contributed by atoms with Crippen LogP contribution in [0.1, 0.15) is 0 Å². The van der Waals surface area contributed by atoms with Gasteiger partial charge in [0.05, 0.1) is 8.41 Å². The molecule has 0 aromatic carbocycles. The van der Waals surface area contributed by atoms with Crippen molar-refractivity contribution >= 4 is 8.41 Å². The average Bonchev–Trinajstić information content (AvgIpc) is 1.00. The van der Waals surface area contributed by atoms with Crippen LogP contribution in [-0.2, 0) is 0 Å². The van der Waals surface area contributed by atoms with Gasteiger partial charge in [0, 0.05) is 0 Å². The number of hydrogen-bond acceptors (Lipinski definition) is 1. The third kappa shape index (κ3) is 883. The Kier molecular flexibility index (Phi) is 69200. The first-order valence-electron chi connectivity index (χ1n) is 0.577. The Hall–Kier alpha value is -0.185. The topological polar surface area (TPSA) is 26.0 Å². The van der Waals surface area contributed by atoms with Crippen LogP contribution in [0, 0.1) is 0 Å². The monoisotopic (exact) mass is 105 g/mol. The highest BCUT2D eigenvalue weighted by Crippen LogP contribution is 0.469. The second kappa shape index (κ2) is 2050. The lowest BCUT2D eigenvalue weighted by atomic mass is 10.8. The summed E-state index contributed by atoms with van der Waals surface area (Å²) in [5.74, 6) is 0. The van der Waals surface area contributed by atoms with Gasteiger partial charge in [-0.3, -0.25) is 14.1 Å². The first kappa shape index (κ1) is 203. The van der Waals surface area contributed by atoms with E-state index >= 15 is 0 Å². The highest BCUT2D eigenvalue weighted by Gasteiger charge is 0.836. The van der Waals surface area contributed by atoms with Crippen molar-refractivity contribution in [2.24, 2.45) is 5.73 Å². The summed E-state index contributed by atoms with van der Waals surface area (Å²) >= 11 is 0. The molecule has 0 unspecified atom stereocenters. The van der Waals surface area contributed by atoms with Crippen molar-refractivity contribution in [3.8, 4) is 0 Å². The molecule has 0 fully saturated rings. The van der Waals surface area contributed by atoms with Crippen LogP contribution in [-0.4, -0.2) is 15.5 Å². The van der Waals surface area contributed by atoms with E-state index in [0.29, 0.717) is 0 Å². The SMILES string of the molecule is B.CN.F.F.F. The van der Waals surface area contributed by atoms with E-state index in [1.54, 1.807) is 0 Å². The minimum Gasteiger partial charge on any atom is -0.333 e. The molecule has 0 spiro atoms. The lowest BCUT2D eigenvalue weighted by molar-refractivity contribution is 1.11. The fourth-order valence-corrected chi connectivity index (χ4v) is 0. The summed E-state index contributed by atoms with van der Waals surface area (Å²) < 4.78 is 0. The second-order valence-electron chi connectivity index (χ2n) is 0. The zero-order valence-corrected chi connectivity index (χ0v) is 2.80. The van der Waals surface area contributed by atoms with Gasteiger partial charge in [-0.25, -0.2) is 0 Å². The van der Waals surface area contributed by atoms with Crippen LogP contribution < -0.4 is 5.73 Å². The van der Waals surface area contributed by atoms with Crippen LogP contribution in [0.3, 0.4) is 0 Å². The van der Waals surface area contributed by atoms with Gasteiger partial charge >= 0.3 is 0 Å². The molecule has 0 atom stereocenters. The van der Waals surface area contributed by atoms with Gasteiger partial charge in [0.15, 0.2) is 0 Å². The number of rotatable bonds is 0. The molecule has 0 saturated heterocycles. The van der Waals surface area contributed by atoms with E-state index in [2.05, 4.69) is 5.73 Å². The minimum absolute atomic E-state index is 0. The fourth-order valence-electron chi connectivity index (χ4n) is 0. The van der Waals surface area contributed by atoms with Gasteiger partial charge in [-0.05, 0) is 7.05 Å². The largest absolute Gasteiger partial charge is 0.333 e.